The van der Waals surface area contributed by atoms with E-state index in [-0.39, 0.29) is 30.4 Å². The predicted octanol–water partition coefficient (Wildman–Crippen LogP) is 4.41. The van der Waals surface area contributed by atoms with Crippen LogP contribution in [-0.2, 0) is 20.7 Å². The number of fused-ring (bicyclic) bond motifs is 1. The number of rotatable bonds is 6. The smallest absolute Gasteiger partial charge is 0.271 e. The Bertz CT molecular complexity index is 1540. The fourth-order valence-corrected chi connectivity index (χ4v) is 4.96. The quantitative estimate of drug-likeness (QED) is 0.361. The summed E-state index contributed by atoms with van der Waals surface area (Å²) in [6, 6.07) is 15.8. The first kappa shape index (κ1) is 25.2. The number of hydrogen-bond donors (Lipinski definition) is 0. The van der Waals surface area contributed by atoms with Crippen molar-refractivity contribution in [1.82, 2.24) is 14.7 Å². The summed E-state index contributed by atoms with van der Waals surface area (Å²) in [7, 11) is 1.50. The molecule has 0 N–H and O–H groups in total. The summed E-state index contributed by atoms with van der Waals surface area (Å²) in [5.41, 5.74) is 5.86. The maximum atomic E-state index is 13.5. The van der Waals surface area contributed by atoms with E-state index in [1.165, 1.54) is 7.11 Å². The Balaban J connectivity index is 1.69. The SMILES string of the molecule is COCCN1C(=O)C(C#N)=C(C)/C(=C\c2cn(-c3ccccc3)nc2-c2cc(C)c3c(c2)CC(C)O3)C1=O. The van der Waals surface area contributed by atoms with E-state index in [9.17, 15) is 14.9 Å². The van der Waals surface area contributed by atoms with Crippen LogP contribution in [-0.4, -0.2) is 52.9 Å². The standard InChI is InChI=1S/C30H28N4O4/c1-18-12-21(14-22-13-19(2)38-28(18)22)27-23(17-34(32-27)24-8-6-5-7-9-24)15-25-20(3)26(16-31)30(36)33(29(25)35)10-11-37-4/h5-9,12,14-15,17,19H,10-11,13H2,1-4H3/b25-15+. The fourth-order valence-electron chi connectivity index (χ4n) is 4.96. The molecule has 0 radical (unpaired) electrons. The molecular weight excluding hydrogens is 480 g/mol. The molecule has 2 aliphatic heterocycles. The van der Waals surface area contributed by atoms with Gasteiger partial charge in [-0.05, 0) is 67.8 Å². The molecule has 0 aliphatic carbocycles. The van der Waals surface area contributed by atoms with E-state index >= 15 is 0 Å². The molecule has 2 amide bonds. The van der Waals surface area contributed by atoms with E-state index in [2.05, 4.69) is 6.07 Å². The molecule has 5 rings (SSSR count). The maximum absolute atomic E-state index is 13.5. The summed E-state index contributed by atoms with van der Waals surface area (Å²) in [4.78, 5) is 27.4. The molecule has 2 aliphatic rings. The molecule has 1 aromatic heterocycles. The molecule has 192 valence electrons. The molecule has 0 fully saturated rings. The highest BCUT2D eigenvalue weighted by Gasteiger charge is 2.35. The van der Waals surface area contributed by atoms with Crippen LogP contribution in [0, 0.1) is 18.3 Å². The third-order valence-corrected chi connectivity index (χ3v) is 6.86. The molecular formula is C30H28N4O4. The topological polar surface area (TPSA) is 97.5 Å². The largest absolute Gasteiger partial charge is 0.490 e. The molecule has 3 aromatic rings. The van der Waals surface area contributed by atoms with Gasteiger partial charge in [0, 0.05) is 36.4 Å². The Labute approximate surface area is 221 Å². The number of nitriles is 1. The van der Waals surface area contributed by atoms with Crippen LogP contribution in [0.4, 0.5) is 0 Å². The van der Waals surface area contributed by atoms with Gasteiger partial charge in [0.15, 0.2) is 0 Å². The minimum absolute atomic E-state index is 0.0523. The van der Waals surface area contributed by atoms with Gasteiger partial charge in [-0.3, -0.25) is 14.5 Å². The van der Waals surface area contributed by atoms with Crippen LogP contribution in [0.1, 0.15) is 30.5 Å². The number of ether oxygens (including phenoxy) is 2. The molecule has 2 aromatic carbocycles. The number of nitrogens with zero attached hydrogens (tertiary/aromatic N) is 4. The lowest BCUT2D eigenvalue weighted by Gasteiger charge is -2.27. The van der Waals surface area contributed by atoms with Gasteiger partial charge in [-0.2, -0.15) is 10.4 Å². The number of carbonyl (C=O) groups is 2. The molecule has 1 atom stereocenters. The highest BCUT2D eigenvalue weighted by molar-refractivity contribution is 6.19. The van der Waals surface area contributed by atoms with Crippen molar-refractivity contribution in [1.29, 1.82) is 5.26 Å². The van der Waals surface area contributed by atoms with Crippen molar-refractivity contribution in [3.8, 4) is 28.8 Å². The molecule has 1 unspecified atom stereocenters. The zero-order chi connectivity index (χ0) is 27.0. The van der Waals surface area contributed by atoms with E-state index in [0.717, 1.165) is 39.4 Å². The van der Waals surface area contributed by atoms with Crippen molar-refractivity contribution < 1.29 is 19.1 Å². The second-order valence-corrected chi connectivity index (χ2v) is 9.55. The highest BCUT2D eigenvalue weighted by atomic mass is 16.5. The number of aryl methyl sites for hydroxylation is 1. The Kier molecular flexibility index (Phi) is 6.70. The van der Waals surface area contributed by atoms with Crippen molar-refractivity contribution in [2.75, 3.05) is 20.3 Å². The zero-order valence-corrected chi connectivity index (χ0v) is 21.8. The summed E-state index contributed by atoms with van der Waals surface area (Å²) >= 11 is 0. The summed E-state index contributed by atoms with van der Waals surface area (Å²) in [6.45, 7) is 5.93. The third-order valence-electron chi connectivity index (χ3n) is 6.86. The number of para-hydroxylation sites is 1. The van der Waals surface area contributed by atoms with Crippen molar-refractivity contribution in [3.05, 3.63) is 82.1 Å². The number of hydrogen-bond acceptors (Lipinski definition) is 6. The number of aromatic nitrogens is 2. The third kappa shape index (κ3) is 4.42. The Morgan fingerprint density at radius 3 is 2.66 bits per heavy atom. The van der Waals surface area contributed by atoms with Gasteiger partial charge in [0.05, 0.1) is 24.5 Å². The maximum Gasteiger partial charge on any atom is 0.271 e. The van der Waals surface area contributed by atoms with Crippen molar-refractivity contribution in [2.24, 2.45) is 0 Å². The van der Waals surface area contributed by atoms with Crippen molar-refractivity contribution >= 4 is 17.9 Å². The van der Waals surface area contributed by atoms with Crippen LogP contribution >= 0.6 is 0 Å². The summed E-state index contributed by atoms with van der Waals surface area (Å²) in [6.07, 6.45) is 4.50. The summed E-state index contributed by atoms with van der Waals surface area (Å²) in [5.74, 6) is -0.155. The number of carbonyl (C=O) groups excluding carboxylic acids is 2. The van der Waals surface area contributed by atoms with Crippen LogP contribution in [0.25, 0.3) is 23.0 Å². The van der Waals surface area contributed by atoms with Gasteiger partial charge < -0.3 is 9.47 Å². The van der Waals surface area contributed by atoms with E-state index in [0.29, 0.717) is 16.8 Å². The lowest BCUT2D eigenvalue weighted by molar-refractivity contribution is -0.141. The normalized spacial score (nSPS) is 18.1. The number of amides is 2. The van der Waals surface area contributed by atoms with E-state index in [1.807, 2.05) is 62.5 Å². The molecule has 8 nitrogen and oxygen atoms in total. The second kappa shape index (κ2) is 10.1. The first-order chi connectivity index (χ1) is 18.3. The predicted molar refractivity (Wildman–Crippen MR) is 142 cm³/mol. The monoisotopic (exact) mass is 508 g/mol. The van der Waals surface area contributed by atoms with E-state index < -0.39 is 11.8 Å². The van der Waals surface area contributed by atoms with E-state index in [4.69, 9.17) is 14.6 Å². The molecule has 0 spiro atoms. The first-order valence-corrected chi connectivity index (χ1v) is 12.5. The highest BCUT2D eigenvalue weighted by Crippen LogP contribution is 2.38. The second-order valence-electron chi connectivity index (χ2n) is 9.55. The lowest BCUT2D eigenvalue weighted by atomic mass is 9.93. The molecule has 38 heavy (non-hydrogen) atoms. The molecule has 0 saturated carbocycles. The van der Waals surface area contributed by atoms with Crippen LogP contribution in [0.3, 0.4) is 0 Å². The molecule has 3 heterocycles. The average molecular weight is 509 g/mol. The van der Waals surface area contributed by atoms with Crippen LogP contribution in [0.5, 0.6) is 5.75 Å². The minimum atomic E-state index is -0.604. The van der Waals surface area contributed by atoms with Gasteiger partial charge in [-0.15, -0.1) is 0 Å². The molecule has 8 heteroatoms. The molecule has 0 bridgehead atoms. The van der Waals surface area contributed by atoms with Gasteiger partial charge >= 0.3 is 0 Å². The number of benzene rings is 2. The van der Waals surface area contributed by atoms with Gasteiger partial charge in [0.25, 0.3) is 11.8 Å². The zero-order valence-electron chi connectivity index (χ0n) is 21.8. The summed E-state index contributed by atoms with van der Waals surface area (Å²) < 4.78 is 12.9. The van der Waals surface area contributed by atoms with Gasteiger partial charge in [-0.1, -0.05) is 18.2 Å². The van der Waals surface area contributed by atoms with Gasteiger partial charge in [-0.25, -0.2) is 4.68 Å². The first-order valence-electron chi connectivity index (χ1n) is 12.5. The van der Waals surface area contributed by atoms with Crippen LogP contribution in [0.2, 0.25) is 0 Å². The Hall–Kier alpha value is -4.48. The average Bonchev–Trinajstić information content (AvgIpc) is 3.50. The fraction of sp³-hybridized carbons (Fsp3) is 0.267. The van der Waals surface area contributed by atoms with Crippen molar-refractivity contribution in [3.63, 3.8) is 0 Å². The Morgan fingerprint density at radius 2 is 1.95 bits per heavy atom. The lowest BCUT2D eigenvalue weighted by Crippen LogP contribution is -2.44. The van der Waals surface area contributed by atoms with Crippen LogP contribution < -0.4 is 4.74 Å². The minimum Gasteiger partial charge on any atom is -0.490 e. The summed E-state index contributed by atoms with van der Waals surface area (Å²) in [5, 5.41) is 14.6. The van der Waals surface area contributed by atoms with Gasteiger partial charge in [0.1, 0.15) is 23.5 Å². The van der Waals surface area contributed by atoms with E-state index in [1.54, 1.807) is 17.7 Å². The van der Waals surface area contributed by atoms with Crippen molar-refractivity contribution in [2.45, 2.75) is 33.3 Å². The number of imide groups is 1. The molecule has 0 saturated heterocycles. The van der Waals surface area contributed by atoms with Crippen LogP contribution in [0.15, 0.2) is 65.4 Å². The Morgan fingerprint density at radius 1 is 1.18 bits per heavy atom. The van der Waals surface area contributed by atoms with Gasteiger partial charge in [0.2, 0.25) is 0 Å². The number of methoxy groups -OCH3 is 1.